The fraction of sp³-hybridized carbons (Fsp3) is 0.312. The number of aromatic nitrogens is 2. The van der Waals surface area contributed by atoms with E-state index in [0.717, 1.165) is 0 Å². The summed E-state index contributed by atoms with van der Waals surface area (Å²) in [5.74, 6) is -0.307. The first kappa shape index (κ1) is 19.1. The molecule has 0 saturated carbocycles. The number of rotatable bonds is 9. The number of nitro groups is 1. The summed E-state index contributed by atoms with van der Waals surface area (Å²) in [6.07, 6.45) is 1.22. The van der Waals surface area contributed by atoms with Gasteiger partial charge in [-0.15, -0.1) is 0 Å². The predicted octanol–water partition coefficient (Wildman–Crippen LogP) is 2.36. The molecular formula is C16H19N5O5. The molecule has 0 unspecified atom stereocenters. The van der Waals surface area contributed by atoms with Gasteiger partial charge in [0.1, 0.15) is 6.33 Å². The third-order valence-corrected chi connectivity index (χ3v) is 3.26. The van der Waals surface area contributed by atoms with E-state index in [0.29, 0.717) is 24.4 Å². The van der Waals surface area contributed by atoms with Crippen molar-refractivity contribution >= 4 is 29.0 Å². The van der Waals surface area contributed by atoms with Gasteiger partial charge in [0.15, 0.2) is 0 Å². The first-order chi connectivity index (χ1) is 12.6. The summed E-state index contributed by atoms with van der Waals surface area (Å²) in [5.41, 5.74) is 0.636. The normalized spacial score (nSPS) is 10.2. The molecule has 26 heavy (non-hydrogen) atoms. The number of ether oxygens (including phenoxy) is 2. The van der Waals surface area contributed by atoms with Crippen molar-refractivity contribution in [3.05, 3.63) is 46.3 Å². The van der Waals surface area contributed by atoms with Crippen molar-refractivity contribution in [1.29, 1.82) is 0 Å². The molecule has 0 radical (unpaired) electrons. The van der Waals surface area contributed by atoms with Gasteiger partial charge in [0.2, 0.25) is 11.6 Å². The number of benzene rings is 1. The molecule has 1 heterocycles. The van der Waals surface area contributed by atoms with Crippen molar-refractivity contribution in [3.63, 3.8) is 0 Å². The van der Waals surface area contributed by atoms with Gasteiger partial charge in [0.25, 0.3) is 0 Å². The minimum Gasteiger partial charge on any atom is -0.462 e. The second kappa shape index (κ2) is 9.28. The third kappa shape index (κ3) is 4.86. The first-order valence-electron chi connectivity index (χ1n) is 7.83. The van der Waals surface area contributed by atoms with E-state index in [1.54, 1.807) is 31.2 Å². The Morgan fingerprint density at radius 1 is 1.23 bits per heavy atom. The van der Waals surface area contributed by atoms with Crippen molar-refractivity contribution in [3.8, 4) is 0 Å². The van der Waals surface area contributed by atoms with Crippen molar-refractivity contribution in [2.75, 3.05) is 37.5 Å². The Morgan fingerprint density at radius 3 is 2.54 bits per heavy atom. The zero-order valence-corrected chi connectivity index (χ0v) is 14.4. The standard InChI is InChI=1S/C16H19N5O5/c1-3-26-16(22)11-4-6-12(7-5-11)20-15-13(21(23)24)14(18-10-19-15)17-8-9-25-2/h4-7,10H,3,8-9H2,1-2H3,(H2,17,18,19,20). The molecule has 1 aromatic carbocycles. The summed E-state index contributed by atoms with van der Waals surface area (Å²) in [5, 5.41) is 17.1. The van der Waals surface area contributed by atoms with Crippen LogP contribution in [0.25, 0.3) is 0 Å². The highest BCUT2D eigenvalue weighted by Gasteiger charge is 2.23. The van der Waals surface area contributed by atoms with Gasteiger partial charge in [0, 0.05) is 19.3 Å². The van der Waals surface area contributed by atoms with Gasteiger partial charge in [-0.1, -0.05) is 0 Å². The molecule has 2 N–H and O–H groups in total. The lowest BCUT2D eigenvalue weighted by Gasteiger charge is -2.10. The molecule has 0 atom stereocenters. The van der Waals surface area contributed by atoms with Crippen LogP contribution in [0.15, 0.2) is 30.6 Å². The van der Waals surface area contributed by atoms with Crippen LogP contribution in [0.2, 0.25) is 0 Å². The third-order valence-electron chi connectivity index (χ3n) is 3.26. The fourth-order valence-corrected chi connectivity index (χ4v) is 2.08. The van der Waals surface area contributed by atoms with E-state index < -0.39 is 10.9 Å². The predicted molar refractivity (Wildman–Crippen MR) is 94.7 cm³/mol. The Balaban J connectivity index is 2.21. The molecule has 2 rings (SSSR count). The summed E-state index contributed by atoms with van der Waals surface area (Å²) in [4.78, 5) is 30.4. The van der Waals surface area contributed by atoms with Crippen LogP contribution in [-0.4, -0.2) is 47.7 Å². The molecule has 0 amide bonds. The van der Waals surface area contributed by atoms with Gasteiger partial charge in [-0.2, -0.15) is 0 Å². The van der Waals surface area contributed by atoms with Gasteiger partial charge in [-0.05, 0) is 31.2 Å². The number of hydrogen-bond acceptors (Lipinski definition) is 9. The van der Waals surface area contributed by atoms with E-state index in [9.17, 15) is 14.9 Å². The van der Waals surface area contributed by atoms with Crippen LogP contribution < -0.4 is 10.6 Å². The molecular weight excluding hydrogens is 342 g/mol. The van der Waals surface area contributed by atoms with Gasteiger partial charge in [-0.25, -0.2) is 14.8 Å². The Hall–Kier alpha value is -3.27. The zero-order chi connectivity index (χ0) is 18.9. The lowest BCUT2D eigenvalue weighted by atomic mass is 10.2. The molecule has 0 aliphatic heterocycles. The average Bonchev–Trinajstić information content (AvgIpc) is 2.62. The SMILES string of the molecule is CCOC(=O)c1ccc(Nc2ncnc(NCCOC)c2[N+](=O)[O-])cc1. The zero-order valence-electron chi connectivity index (χ0n) is 14.4. The molecule has 1 aromatic heterocycles. The lowest BCUT2D eigenvalue weighted by Crippen LogP contribution is -2.12. The van der Waals surface area contributed by atoms with Gasteiger partial charge < -0.3 is 20.1 Å². The van der Waals surface area contributed by atoms with E-state index in [1.807, 2.05) is 0 Å². The van der Waals surface area contributed by atoms with Crippen molar-refractivity contribution < 1.29 is 19.2 Å². The van der Waals surface area contributed by atoms with Gasteiger partial charge >= 0.3 is 11.7 Å². The van der Waals surface area contributed by atoms with Crippen molar-refractivity contribution in [2.24, 2.45) is 0 Å². The number of methoxy groups -OCH3 is 1. The van der Waals surface area contributed by atoms with E-state index in [1.165, 1.54) is 13.4 Å². The summed E-state index contributed by atoms with van der Waals surface area (Å²) < 4.78 is 9.82. The number of esters is 1. The number of nitrogens with zero attached hydrogens (tertiary/aromatic N) is 3. The Morgan fingerprint density at radius 2 is 1.92 bits per heavy atom. The number of anilines is 3. The smallest absolute Gasteiger partial charge is 0.353 e. The monoisotopic (exact) mass is 361 g/mol. The second-order valence-electron chi connectivity index (χ2n) is 5.02. The average molecular weight is 361 g/mol. The highest BCUT2D eigenvalue weighted by molar-refractivity contribution is 5.90. The Kier molecular flexibility index (Phi) is 6.80. The minimum atomic E-state index is -0.565. The van der Waals surface area contributed by atoms with Crippen molar-refractivity contribution in [2.45, 2.75) is 6.92 Å². The molecule has 0 aliphatic carbocycles. The van der Waals surface area contributed by atoms with Crippen LogP contribution in [0.1, 0.15) is 17.3 Å². The van der Waals surface area contributed by atoms with Crippen LogP contribution in [0.4, 0.5) is 23.0 Å². The van der Waals surface area contributed by atoms with Gasteiger partial charge in [0.05, 0.1) is 23.7 Å². The topological polar surface area (TPSA) is 129 Å². The summed E-state index contributed by atoms with van der Waals surface area (Å²) in [7, 11) is 1.53. The molecule has 0 spiro atoms. The van der Waals surface area contributed by atoms with Crippen LogP contribution in [0.5, 0.6) is 0 Å². The maximum atomic E-state index is 11.7. The fourth-order valence-electron chi connectivity index (χ4n) is 2.08. The molecule has 138 valence electrons. The van der Waals surface area contributed by atoms with Crippen LogP contribution in [0, 0.1) is 10.1 Å². The van der Waals surface area contributed by atoms with Crippen LogP contribution >= 0.6 is 0 Å². The number of hydrogen-bond donors (Lipinski definition) is 2. The van der Waals surface area contributed by atoms with Crippen LogP contribution in [-0.2, 0) is 9.47 Å². The molecule has 0 bridgehead atoms. The molecule has 0 saturated heterocycles. The van der Waals surface area contributed by atoms with E-state index >= 15 is 0 Å². The molecule has 10 nitrogen and oxygen atoms in total. The number of carbonyl (C=O) groups is 1. The molecule has 2 aromatic rings. The largest absolute Gasteiger partial charge is 0.462 e. The Labute approximate surface area is 149 Å². The summed E-state index contributed by atoms with van der Waals surface area (Å²) >= 11 is 0. The maximum Gasteiger partial charge on any atom is 0.353 e. The second-order valence-corrected chi connectivity index (χ2v) is 5.02. The lowest BCUT2D eigenvalue weighted by molar-refractivity contribution is -0.383. The maximum absolute atomic E-state index is 11.7. The number of nitrogens with one attached hydrogen (secondary N) is 2. The van der Waals surface area contributed by atoms with E-state index in [2.05, 4.69) is 20.6 Å². The van der Waals surface area contributed by atoms with E-state index in [4.69, 9.17) is 9.47 Å². The highest BCUT2D eigenvalue weighted by atomic mass is 16.6. The van der Waals surface area contributed by atoms with Crippen LogP contribution in [0.3, 0.4) is 0 Å². The van der Waals surface area contributed by atoms with Gasteiger partial charge in [-0.3, -0.25) is 10.1 Å². The molecule has 0 fully saturated rings. The quantitative estimate of drug-likeness (QED) is 0.299. The van der Waals surface area contributed by atoms with E-state index in [-0.39, 0.29) is 23.9 Å². The summed E-state index contributed by atoms with van der Waals surface area (Å²) in [6, 6.07) is 6.34. The molecule has 10 heteroatoms. The molecule has 0 aliphatic rings. The van der Waals surface area contributed by atoms with Crippen molar-refractivity contribution in [1.82, 2.24) is 9.97 Å². The highest BCUT2D eigenvalue weighted by Crippen LogP contribution is 2.31. The number of carbonyl (C=O) groups excluding carboxylic acids is 1. The Bertz CT molecular complexity index is 766. The minimum absolute atomic E-state index is 0.0359. The summed E-state index contributed by atoms with van der Waals surface area (Å²) in [6.45, 7) is 2.74. The first-order valence-corrected chi connectivity index (χ1v) is 7.83.